The summed E-state index contributed by atoms with van der Waals surface area (Å²) in [7, 11) is 0. The lowest BCUT2D eigenvalue weighted by atomic mass is 10.1. The van der Waals surface area contributed by atoms with Crippen LogP contribution in [0, 0.1) is 31.8 Å². The number of nitrogens with zero attached hydrogens (tertiary/aromatic N) is 16. The van der Waals surface area contributed by atoms with E-state index >= 15 is 0 Å². The predicted molar refractivity (Wildman–Crippen MR) is 218 cm³/mol. The minimum Gasteiger partial charge on any atom is -0.506 e. The van der Waals surface area contributed by atoms with Crippen LogP contribution in [0.5, 0.6) is 0 Å². The van der Waals surface area contributed by atoms with Gasteiger partial charge in [-0.15, -0.1) is 15.3 Å². The Morgan fingerprint density at radius 2 is 1.35 bits per heavy atom. The van der Waals surface area contributed by atoms with Crippen LogP contribution in [0.2, 0.25) is 0 Å². The lowest BCUT2D eigenvalue weighted by Gasteiger charge is -2.08. The highest BCUT2D eigenvalue weighted by Crippen LogP contribution is 2.39. The fourth-order valence-corrected chi connectivity index (χ4v) is 6.35. The van der Waals surface area contributed by atoms with Crippen molar-refractivity contribution in [3.05, 3.63) is 150 Å². The van der Waals surface area contributed by atoms with Crippen molar-refractivity contribution in [2.75, 3.05) is 0 Å². The molecule has 6 aromatic heterocycles. The van der Waals surface area contributed by atoms with E-state index in [9.17, 15) is 5.26 Å². The number of aromatic amines is 2. The standard InChI is InChI=1S/C21H15N9.C21H13N9/c1-13-23-21-19(17(29-30(21)28-13)15-11-7-4-8-12-15)25-27-20-18(22-2)16(24-26-20)14-9-5-3-6-10-14;1-13-23-21-19(18(29-30(21)28-13)15-10-6-3-7-11-15)25-27-20-16(12-22)17(24-26-20)14-8-4-2-5-9-14/h3-12,29H,1H3,(H,24,26);2-11H,1H3/q;-2. The first-order valence-corrected chi connectivity index (χ1v) is 18.3. The van der Waals surface area contributed by atoms with Crippen LogP contribution in [0.15, 0.2) is 142 Å². The summed E-state index contributed by atoms with van der Waals surface area (Å²) in [4.78, 5) is 12.5. The Morgan fingerprint density at radius 1 is 0.733 bits per heavy atom. The average molecular weight is 785 g/mol. The third-order valence-corrected chi connectivity index (χ3v) is 9.07. The van der Waals surface area contributed by atoms with Crippen LogP contribution in [0.25, 0.3) is 61.2 Å². The topological polar surface area (TPSA) is 224 Å². The van der Waals surface area contributed by atoms with E-state index < -0.39 is 0 Å². The summed E-state index contributed by atoms with van der Waals surface area (Å²) < 4.78 is 3.00. The van der Waals surface area contributed by atoms with Gasteiger partial charge in [0, 0.05) is 11.1 Å². The number of rotatable bonds is 8. The van der Waals surface area contributed by atoms with Crippen molar-refractivity contribution in [3.63, 3.8) is 0 Å². The number of azo groups is 2. The molecule has 0 fully saturated rings. The molecule has 18 heteroatoms. The Morgan fingerprint density at radius 3 is 2.00 bits per heavy atom. The number of nitrogens with one attached hydrogen (secondary N) is 2. The SMILES string of the molecule is Cc1nc2c(N=Nc3[n-]nc(-c4ccccc4)c3C#N)c(-c3ccccc3)[n-][n+]2[n-]1.[C-]#[N+]c1c(N=Nc2c(-c3ccccc3)[nH]n3nc(C)nc23)n[nH]c1-c1ccccc1. The van der Waals surface area contributed by atoms with Crippen LogP contribution >= 0.6 is 0 Å². The molecule has 4 aromatic carbocycles. The number of nitriles is 1. The molecule has 0 aliphatic heterocycles. The van der Waals surface area contributed by atoms with Gasteiger partial charge in [-0.1, -0.05) is 132 Å². The van der Waals surface area contributed by atoms with Crippen LogP contribution in [0.1, 0.15) is 17.2 Å². The zero-order valence-electron chi connectivity index (χ0n) is 31.7. The predicted octanol–water partition coefficient (Wildman–Crippen LogP) is 8.41. The number of hydrogen-bond donors (Lipinski definition) is 2. The van der Waals surface area contributed by atoms with E-state index in [0.717, 1.165) is 27.9 Å². The highest BCUT2D eigenvalue weighted by Gasteiger charge is 2.19. The number of fused-ring (bicyclic) bond motifs is 2. The van der Waals surface area contributed by atoms with Gasteiger partial charge in [-0.25, -0.2) is 9.83 Å². The van der Waals surface area contributed by atoms with Gasteiger partial charge in [0.2, 0.25) is 11.5 Å². The highest BCUT2D eigenvalue weighted by molar-refractivity contribution is 5.84. The summed E-state index contributed by atoms with van der Waals surface area (Å²) in [5.41, 5.74) is 8.44. The lowest BCUT2D eigenvalue weighted by molar-refractivity contribution is -0.647. The molecule has 0 atom stereocenters. The lowest BCUT2D eigenvalue weighted by Crippen LogP contribution is -2.29. The maximum absolute atomic E-state index is 9.64. The van der Waals surface area contributed by atoms with Gasteiger partial charge < -0.3 is 25.0 Å². The van der Waals surface area contributed by atoms with Gasteiger partial charge in [0.15, 0.2) is 5.69 Å². The molecule has 2 N–H and O–H groups in total. The van der Waals surface area contributed by atoms with Crippen molar-refractivity contribution in [1.82, 2.24) is 55.4 Å². The fraction of sp³-hybridized carbons (Fsp3) is 0.0476. The average Bonchev–Trinajstić information content (AvgIpc) is 4.15. The minimum atomic E-state index is 0.144. The van der Waals surface area contributed by atoms with Gasteiger partial charge in [0.05, 0.1) is 35.0 Å². The molecule has 0 saturated carbocycles. The van der Waals surface area contributed by atoms with E-state index in [1.54, 1.807) is 18.5 Å². The first kappa shape index (κ1) is 36.5. The number of hydrogen-bond acceptors (Lipinski definition) is 10. The molecule has 0 unspecified atom stereocenters. The van der Waals surface area contributed by atoms with Crippen molar-refractivity contribution < 1.29 is 4.63 Å². The zero-order valence-corrected chi connectivity index (χ0v) is 31.7. The summed E-state index contributed by atoms with van der Waals surface area (Å²) in [6, 6.07) is 40.4. The van der Waals surface area contributed by atoms with Crippen molar-refractivity contribution in [1.29, 1.82) is 5.26 Å². The van der Waals surface area contributed by atoms with Crippen LogP contribution in [-0.2, 0) is 0 Å². The zero-order chi connectivity index (χ0) is 41.0. The first-order chi connectivity index (χ1) is 29.5. The maximum Gasteiger partial charge on any atom is 0.323 e. The van der Waals surface area contributed by atoms with E-state index in [4.69, 9.17) is 6.57 Å². The maximum atomic E-state index is 9.64. The Labute approximate surface area is 339 Å². The molecular weight excluding hydrogens is 757 g/mol. The number of H-pyrrole nitrogens is 2. The van der Waals surface area contributed by atoms with Crippen molar-refractivity contribution in [3.8, 4) is 51.1 Å². The molecule has 0 spiro atoms. The molecule has 0 aliphatic rings. The molecule has 0 saturated heterocycles. The molecule has 10 rings (SSSR count). The second-order valence-corrected chi connectivity index (χ2v) is 13.0. The van der Waals surface area contributed by atoms with Gasteiger partial charge in [-0.2, -0.15) is 15.0 Å². The normalized spacial score (nSPS) is 11.3. The second kappa shape index (κ2) is 15.8. The smallest absolute Gasteiger partial charge is 0.323 e. The monoisotopic (exact) mass is 784 g/mol. The van der Waals surface area contributed by atoms with Crippen molar-refractivity contribution in [2.45, 2.75) is 13.8 Å². The van der Waals surface area contributed by atoms with Gasteiger partial charge in [-0.05, 0) is 30.8 Å². The third kappa shape index (κ3) is 6.95. The first-order valence-electron chi connectivity index (χ1n) is 18.3. The van der Waals surface area contributed by atoms with Gasteiger partial charge >= 0.3 is 5.65 Å². The van der Waals surface area contributed by atoms with Crippen LogP contribution < -0.4 is 19.9 Å². The van der Waals surface area contributed by atoms with Crippen LogP contribution in [0.3, 0.4) is 0 Å². The largest absolute Gasteiger partial charge is 0.506 e. The Hall–Kier alpha value is -9.16. The second-order valence-electron chi connectivity index (χ2n) is 13.0. The summed E-state index contributed by atoms with van der Waals surface area (Å²) in [6.07, 6.45) is 0. The van der Waals surface area contributed by atoms with Crippen molar-refractivity contribution >= 4 is 40.0 Å². The van der Waals surface area contributed by atoms with E-state index in [0.29, 0.717) is 57.1 Å². The van der Waals surface area contributed by atoms with Crippen molar-refractivity contribution in [2.24, 2.45) is 20.5 Å². The number of aryl methyl sites for hydroxylation is 2. The summed E-state index contributed by atoms with van der Waals surface area (Å²) in [5, 5.41) is 58.5. The van der Waals surface area contributed by atoms with E-state index in [2.05, 4.69) is 82.1 Å². The minimum absolute atomic E-state index is 0.144. The molecule has 10 aromatic rings. The van der Waals surface area contributed by atoms with E-state index in [1.807, 2.05) is 121 Å². The Bertz CT molecular complexity index is 3020. The van der Waals surface area contributed by atoms with E-state index in [-0.39, 0.29) is 17.2 Å². The summed E-state index contributed by atoms with van der Waals surface area (Å²) in [6.45, 7) is 11.2. The number of aromatic nitrogens is 12. The fourth-order valence-electron chi connectivity index (χ4n) is 6.35. The Kier molecular flexibility index (Phi) is 9.58. The molecular formula is C42H28N18-2. The summed E-state index contributed by atoms with van der Waals surface area (Å²) >= 11 is 0. The van der Waals surface area contributed by atoms with Crippen LogP contribution in [0.4, 0.5) is 28.7 Å². The number of benzene rings is 4. The molecule has 6 heterocycles. The summed E-state index contributed by atoms with van der Waals surface area (Å²) in [5.74, 6) is 1.56. The molecule has 0 radical (unpaired) electrons. The quantitative estimate of drug-likeness (QED) is 0.0855. The molecule has 60 heavy (non-hydrogen) atoms. The van der Waals surface area contributed by atoms with E-state index in [1.165, 1.54) is 4.63 Å². The Balaban J connectivity index is 0.000000154. The van der Waals surface area contributed by atoms with Gasteiger partial charge in [0.25, 0.3) is 5.69 Å². The molecule has 0 amide bonds. The molecule has 0 aliphatic carbocycles. The molecule has 18 nitrogen and oxygen atoms in total. The highest BCUT2D eigenvalue weighted by atomic mass is 15.5. The van der Waals surface area contributed by atoms with Crippen LogP contribution in [-0.4, -0.2) is 40.1 Å². The third-order valence-electron chi connectivity index (χ3n) is 9.07. The van der Waals surface area contributed by atoms with Gasteiger partial charge in [-0.3, -0.25) is 20.4 Å². The molecule has 0 bridgehead atoms. The van der Waals surface area contributed by atoms with Gasteiger partial charge in [0.1, 0.15) is 17.6 Å². The molecule has 288 valence electrons.